The van der Waals surface area contributed by atoms with Crippen LogP contribution in [-0.4, -0.2) is 71.2 Å². The van der Waals surface area contributed by atoms with Gasteiger partial charge in [0.1, 0.15) is 6.04 Å². The molecule has 2 aliphatic heterocycles. The second-order valence-corrected chi connectivity index (χ2v) is 16.4. The molecular formula is C48H66F3N3O5. The number of amides is 2. The fraction of sp³-hybridized carbons (Fsp3) is 0.583. The third-order valence-corrected chi connectivity index (χ3v) is 11.7. The first-order chi connectivity index (χ1) is 28.6. The second kappa shape index (κ2) is 23.9. The zero-order chi connectivity index (χ0) is 42.0. The zero-order valence-electron chi connectivity index (χ0n) is 35.2. The van der Waals surface area contributed by atoms with Gasteiger partial charge in [-0.25, -0.2) is 0 Å². The highest BCUT2D eigenvalue weighted by Gasteiger charge is 2.47. The van der Waals surface area contributed by atoms with Gasteiger partial charge in [0, 0.05) is 31.6 Å². The predicted octanol–water partition coefficient (Wildman–Crippen LogP) is 10.6. The predicted molar refractivity (Wildman–Crippen MR) is 226 cm³/mol. The summed E-state index contributed by atoms with van der Waals surface area (Å²) in [6.07, 6.45) is 10.6. The van der Waals surface area contributed by atoms with E-state index in [4.69, 9.17) is 9.47 Å². The van der Waals surface area contributed by atoms with Crippen molar-refractivity contribution in [2.24, 2.45) is 0 Å². The van der Waals surface area contributed by atoms with Crippen LogP contribution in [0.1, 0.15) is 145 Å². The standard InChI is InChI=1S/C48H66F3N3O5/c1-3-5-7-9-11-13-28-53(29-14-12-10-8-6-4-2)34-42-32-44(39-22-20-36(35-55)21-23-39)59-46(58-42)40-26-24-38(25-27-40)41-18-15-17-37(31-41)33-52-45(56)43-19-16-30-54(43)47(57)48(49,50)51/h15,17-18,20-27,31,42-44,46,55H,3-14,16,19,28-30,32-35H2,1-2H3,(H,52,56)/t42-,43-,44+,46+/m0/s1. The smallest absolute Gasteiger partial charge is 0.392 e. The maximum atomic E-state index is 13.1. The summed E-state index contributed by atoms with van der Waals surface area (Å²) in [4.78, 5) is 28.0. The molecule has 59 heavy (non-hydrogen) atoms. The molecule has 0 aromatic heterocycles. The molecule has 2 aliphatic rings. The summed E-state index contributed by atoms with van der Waals surface area (Å²) in [6.45, 7) is 7.50. The topological polar surface area (TPSA) is 91.3 Å². The number of unbranched alkanes of at least 4 members (excludes halogenated alkanes) is 10. The number of ether oxygens (including phenoxy) is 2. The lowest BCUT2D eigenvalue weighted by Gasteiger charge is -2.38. The van der Waals surface area contributed by atoms with Crippen molar-refractivity contribution < 1.29 is 37.3 Å². The first-order valence-electron chi connectivity index (χ1n) is 22.2. The highest BCUT2D eigenvalue weighted by molar-refractivity contribution is 5.90. The molecule has 3 aromatic rings. The summed E-state index contributed by atoms with van der Waals surface area (Å²) >= 11 is 0. The van der Waals surface area contributed by atoms with Crippen molar-refractivity contribution in [1.29, 1.82) is 0 Å². The highest BCUT2D eigenvalue weighted by atomic mass is 19.4. The third-order valence-electron chi connectivity index (χ3n) is 11.7. The van der Waals surface area contributed by atoms with Crippen molar-refractivity contribution in [3.05, 3.63) is 95.1 Å². The average Bonchev–Trinajstić information content (AvgIpc) is 3.75. The van der Waals surface area contributed by atoms with Gasteiger partial charge in [0.15, 0.2) is 6.29 Å². The van der Waals surface area contributed by atoms with E-state index in [0.717, 1.165) is 59.4 Å². The number of carbonyl (C=O) groups is 2. The lowest BCUT2D eigenvalue weighted by molar-refractivity contribution is -0.253. The fourth-order valence-corrected chi connectivity index (χ4v) is 8.29. The SMILES string of the molecule is CCCCCCCCN(CCCCCCCC)C[C@@H]1C[C@H](c2ccc(CO)cc2)O[C@H](c2ccc(-c3cccc(CNC(=O)[C@@H]4CCCN4C(=O)C(F)(F)F)c3)cc2)O1. The van der Waals surface area contributed by atoms with Gasteiger partial charge in [0.05, 0.1) is 18.8 Å². The van der Waals surface area contributed by atoms with Crippen molar-refractivity contribution in [2.75, 3.05) is 26.2 Å². The van der Waals surface area contributed by atoms with Gasteiger partial charge in [-0.05, 0) is 72.7 Å². The summed E-state index contributed by atoms with van der Waals surface area (Å²) in [5, 5.41) is 12.4. The summed E-state index contributed by atoms with van der Waals surface area (Å²) < 4.78 is 52.8. The molecule has 3 aromatic carbocycles. The molecule has 0 spiro atoms. The normalized spacial score (nSPS) is 19.7. The van der Waals surface area contributed by atoms with Crippen molar-refractivity contribution in [1.82, 2.24) is 15.1 Å². The average molecular weight is 822 g/mol. The van der Waals surface area contributed by atoms with Crippen LogP contribution in [0.25, 0.3) is 11.1 Å². The minimum Gasteiger partial charge on any atom is -0.392 e. The number of alkyl halides is 3. The molecule has 324 valence electrons. The molecule has 2 N–H and O–H groups in total. The number of rotatable bonds is 23. The molecule has 11 heteroatoms. The fourth-order valence-electron chi connectivity index (χ4n) is 8.29. The number of nitrogens with zero attached hydrogens (tertiary/aromatic N) is 2. The molecule has 0 radical (unpaired) electrons. The maximum absolute atomic E-state index is 13.1. The molecule has 0 unspecified atom stereocenters. The van der Waals surface area contributed by atoms with Gasteiger partial charge in [-0.2, -0.15) is 13.2 Å². The van der Waals surface area contributed by atoms with E-state index < -0.39 is 30.3 Å². The first kappa shape index (κ1) is 46.3. The summed E-state index contributed by atoms with van der Waals surface area (Å²) in [7, 11) is 0. The van der Waals surface area contributed by atoms with Gasteiger partial charge in [0.2, 0.25) is 5.91 Å². The molecule has 2 amide bonds. The van der Waals surface area contributed by atoms with E-state index in [1.54, 1.807) is 0 Å². The largest absolute Gasteiger partial charge is 0.471 e. The monoisotopic (exact) mass is 821 g/mol. The minimum atomic E-state index is -5.01. The number of aliphatic hydroxyl groups excluding tert-OH is 1. The molecule has 0 aliphatic carbocycles. The lowest BCUT2D eigenvalue weighted by Crippen LogP contribution is -2.50. The maximum Gasteiger partial charge on any atom is 0.471 e. The van der Waals surface area contributed by atoms with Crippen LogP contribution in [0.15, 0.2) is 72.8 Å². The number of halogens is 3. The van der Waals surface area contributed by atoms with Crippen LogP contribution in [0.5, 0.6) is 0 Å². The quantitative estimate of drug-likeness (QED) is 0.0926. The molecule has 5 rings (SSSR count). The van der Waals surface area contributed by atoms with E-state index in [1.165, 1.54) is 77.0 Å². The van der Waals surface area contributed by atoms with Gasteiger partial charge in [-0.1, -0.05) is 145 Å². The van der Waals surface area contributed by atoms with Gasteiger partial charge in [0.25, 0.3) is 0 Å². The number of hydrogen-bond acceptors (Lipinski definition) is 6. The third kappa shape index (κ3) is 14.4. The van der Waals surface area contributed by atoms with E-state index in [-0.39, 0.29) is 38.3 Å². The van der Waals surface area contributed by atoms with Crippen LogP contribution in [0.2, 0.25) is 0 Å². The Labute approximate surface area is 349 Å². The number of likely N-dealkylation sites (tertiary alicyclic amines) is 1. The van der Waals surface area contributed by atoms with E-state index in [0.29, 0.717) is 11.3 Å². The number of aliphatic hydroxyl groups is 1. The lowest BCUT2D eigenvalue weighted by atomic mass is 9.98. The highest BCUT2D eigenvalue weighted by Crippen LogP contribution is 2.39. The van der Waals surface area contributed by atoms with Crippen LogP contribution >= 0.6 is 0 Å². The molecule has 2 saturated heterocycles. The molecule has 2 fully saturated rings. The van der Waals surface area contributed by atoms with E-state index >= 15 is 0 Å². The first-order valence-corrected chi connectivity index (χ1v) is 22.2. The Hall–Kier alpha value is -3.77. The molecule has 0 saturated carbocycles. The summed E-state index contributed by atoms with van der Waals surface area (Å²) in [5.74, 6) is -2.56. The zero-order valence-corrected chi connectivity index (χ0v) is 35.2. The van der Waals surface area contributed by atoms with Gasteiger partial charge in [-0.3, -0.25) is 9.59 Å². The van der Waals surface area contributed by atoms with Gasteiger partial charge < -0.3 is 29.7 Å². The van der Waals surface area contributed by atoms with Crippen LogP contribution in [0, 0.1) is 0 Å². The number of carbonyl (C=O) groups excluding carboxylic acids is 2. The van der Waals surface area contributed by atoms with Crippen LogP contribution in [0.3, 0.4) is 0 Å². The van der Waals surface area contributed by atoms with Crippen molar-refractivity contribution in [2.45, 2.75) is 154 Å². The minimum absolute atomic E-state index is 0.0113. The van der Waals surface area contributed by atoms with Crippen molar-refractivity contribution in [3.8, 4) is 11.1 Å². The van der Waals surface area contributed by atoms with Crippen LogP contribution in [0.4, 0.5) is 13.2 Å². The molecule has 4 atom stereocenters. The van der Waals surface area contributed by atoms with Crippen LogP contribution in [-0.2, 0) is 32.2 Å². The van der Waals surface area contributed by atoms with Crippen LogP contribution < -0.4 is 5.32 Å². The Morgan fingerprint density at radius 3 is 2.03 bits per heavy atom. The Kier molecular flexibility index (Phi) is 18.7. The van der Waals surface area contributed by atoms with Crippen molar-refractivity contribution >= 4 is 11.8 Å². The molecular weight excluding hydrogens is 756 g/mol. The van der Waals surface area contributed by atoms with Crippen molar-refractivity contribution in [3.63, 3.8) is 0 Å². The Morgan fingerprint density at radius 1 is 0.780 bits per heavy atom. The Bertz CT molecular complexity index is 1690. The molecule has 8 nitrogen and oxygen atoms in total. The van der Waals surface area contributed by atoms with Gasteiger partial charge in [-0.15, -0.1) is 0 Å². The Morgan fingerprint density at radius 2 is 1.41 bits per heavy atom. The number of hydrogen-bond donors (Lipinski definition) is 2. The summed E-state index contributed by atoms with van der Waals surface area (Å²) in [6, 6.07) is 22.6. The van der Waals surface area contributed by atoms with E-state index in [1.807, 2.05) is 72.8 Å². The van der Waals surface area contributed by atoms with E-state index in [9.17, 15) is 27.9 Å². The van der Waals surface area contributed by atoms with E-state index in [2.05, 4.69) is 24.1 Å². The Balaban J connectivity index is 1.26. The second-order valence-electron chi connectivity index (χ2n) is 16.4. The number of nitrogens with one attached hydrogen (secondary N) is 1. The molecule has 0 bridgehead atoms. The molecule has 2 heterocycles. The van der Waals surface area contributed by atoms with Gasteiger partial charge >= 0.3 is 12.1 Å². The number of benzene rings is 3. The summed E-state index contributed by atoms with van der Waals surface area (Å²) in [5.41, 5.74) is 5.49.